The highest BCUT2D eigenvalue weighted by Gasteiger charge is 2.23. The van der Waals surface area contributed by atoms with E-state index in [-0.39, 0.29) is 11.5 Å². The van der Waals surface area contributed by atoms with Crippen molar-refractivity contribution in [2.24, 2.45) is 0 Å². The van der Waals surface area contributed by atoms with Crippen molar-refractivity contribution in [1.82, 2.24) is 4.57 Å². The molecule has 0 aliphatic heterocycles. The van der Waals surface area contributed by atoms with E-state index in [4.69, 9.17) is 0 Å². The van der Waals surface area contributed by atoms with Gasteiger partial charge in [0.25, 0.3) is 0 Å². The van der Waals surface area contributed by atoms with Gasteiger partial charge in [0.15, 0.2) is 5.78 Å². The summed E-state index contributed by atoms with van der Waals surface area (Å²) >= 11 is 0. The molecule has 1 N–H and O–H groups in total. The molecule has 1 heterocycles. The molecule has 0 spiro atoms. The molecule has 0 fully saturated rings. The molecule has 164 valence electrons. The van der Waals surface area contributed by atoms with Crippen molar-refractivity contribution >= 4 is 54.7 Å². The van der Waals surface area contributed by atoms with E-state index in [1.165, 1.54) is 17.7 Å². The van der Waals surface area contributed by atoms with Gasteiger partial charge in [-0.2, -0.15) is 0 Å². The minimum atomic E-state index is -0.153. The number of aliphatic hydroxyl groups is 1. The fraction of sp³-hybridized carbons (Fsp3) is 0.0645. The summed E-state index contributed by atoms with van der Waals surface area (Å²) < 4.78 is 2.34. The Morgan fingerprint density at radius 2 is 0.971 bits per heavy atom. The molecule has 0 radical (unpaired) electrons. The van der Waals surface area contributed by atoms with Crippen molar-refractivity contribution in [2.75, 3.05) is 0 Å². The van der Waals surface area contributed by atoms with Crippen molar-refractivity contribution in [3.8, 4) is 5.69 Å². The van der Waals surface area contributed by atoms with Crippen LogP contribution in [0.2, 0.25) is 0 Å². The number of hydrogen-bond donors (Lipinski definition) is 1. The van der Waals surface area contributed by atoms with Gasteiger partial charge in [0.1, 0.15) is 5.76 Å². The number of carbonyl (C=O) groups is 1. The van der Waals surface area contributed by atoms with Crippen LogP contribution < -0.4 is 0 Å². The van der Waals surface area contributed by atoms with E-state index in [0.29, 0.717) is 5.57 Å². The largest absolute Gasteiger partial charge is 0.512 e. The average molecular weight is 442 g/mol. The zero-order valence-electron chi connectivity index (χ0n) is 19.0. The lowest BCUT2D eigenvalue weighted by Gasteiger charge is -2.20. The Bertz CT molecular complexity index is 1690. The van der Waals surface area contributed by atoms with Crippen LogP contribution in [0.25, 0.3) is 54.6 Å². The van der Waals surface area contributed by atoms with Gasteiger partial charge in [-0.3, -0.25) is 4.79 Å². The van der Waals surface area contributed by atoms with E-state index in [9.17, 15) is 9.90 Å². The minimum absolute atomic E-state index is 0.0346. The Hall–Kier alpha value is -4.37. The van der Waals surface area contributed by atoms with E-state index in [1.54, 1.807) is 6.92 Å². The lowest BCUT2D eigenvalue weighted by atomic mass is 9.88. The Labute approximate surface area is 197 Å². The highest BCUT2D eigenvalue weighted by Crippen LogP contribution is 2.42. The molecule has 34 heavy (non-hydrogen) atoms. The van der Waals surface area contributed by atoms with Crippen LogP contribution in [-0.4, -0.2) is 15.5 Å². The molecule has 0 amide bonds. The molecule has 0 aliphatic carbocycles. The number of benzene rings is 5. The van der Waals surface area contributed by atoms with Gasteiger partial charge in [-0.25, -0.2) is 0 Å². The van der Waals surface area contributed by atoms with Crippen LogP contribution in [-0.2, 0) is 4.79 Å². The second-order valence-corrected chi connectivity index (χ2v) is 8.70. The van der Waals surface area contributed by atoms with Gasteiger partial charge < -0.3 is 9.67 Å². The van der Waals surface area contributed by atoms with Crippen molar-refractivity contribution < 1.29 is 9.90 Å². The number of ketones is 1. The average Bonchev–Trinajstić information content (AvgIpc) is 3.18. The van der Waals surface area contributed by atoms with Crippen LogP contribution in [0.5, 0.6) is 0 Å². The third-order valence-electron chi connectivity index (χ3n) is 6.67. The predicted molar refractivity (Wildman–Crippen MR) is 142 cm³/mol. The van der Waals surface area contributed by atoms with Gasteiger partial charge in [-0.15, -0.1) is 0 Å². The second kappa shape index (κ2) is 7.60. The summed E-state index contributed by atoms with van der Waals surface area (Å²) in [5.41, 5.74) is 4.48. The Kier molecular flexibility index (Phi) is 4.53. The first-order valence-corrected chi connectivity index (χ1v) is 11.4. The second-order valence-electron chi connectivity index (χ2n) is 8.70. The number of para-hydroxylation sites is 2. The Balaban J connectivity index is 1.91. The molecule has 0 bridgehead atoms. The third-order valence-corrected chi connectivity index (χ3v) is 6.67. The SMILES string of the molecule is CC(=O)/C(=C(/C)O)c1c2ccccc2c(-n2c3ccccc3c3ccccc32)c2ccccc12. The quantitative estimate of drug-likeness (QED) is 0.172. The van der Waals surface area contributed by atoms with Crippen molar-refractivity contribution in [3.63, 3.8) is 0 Å². The maximum atomic E-state index is 12.7. The van der Waals surface area contributed by atoms with Crippen LogP contribution in [0.15, 0.2) is 103 Å². The van der Waals surface area contributed by atoms with Gasteiger partial charge in [0.05, 0.1) is 22.3 Å². The molecule has 0 aliphatic rings. The topological polar surface area (TPSA) is 42.2 Å². The minimum Gasteiger partial charge on any atom is -0.512 e. The molecule has 5 aromatic carbocycles. The number of fused-ring (bicyclic) bond motifs is 5. The van der Waals surface area contributed by atoms with E-state index in [1.807, 2.05) is 36.4 Å². The standard InChI is InChI=1S/C31H23NO2/c1-19(33)29(20(2)34)30-23-13-3-5-15-25(23)31(26-16-6-4-14-24(26)30)32-27-17-9-7-11-21(27)22-12-8-10-18-28(22)32/h3-18,33H,1-2H3/b29-19+. The lowest BCUT2D eigenvalue weighted by molar-refractivity contribution is -0.111. The number of Topliss-reactive ketones (excluding diaryl/α,β-unsaturated/α-hetero) is 1. The number of hydrogen-bond acceptors (Lipinski definition) is 2. The predicted octanol–water partition coefficient (Wildman–Crippen LogP) is 7.97. The molecule has 0 atom stereocenters. The summed E-state index contributed by atoms with van der Waals surface area (Å²) in [6.45, 7) is 3.10. The van der Waals surface area contributed by atoms with Gasteiger partial charge in [0, 0.05) is 27.1 Å². The van der Waals surface area contributed by atoms with Gasteiger partial charge in [0.2, 0.25) is 0 Å². The Morgan fingerprint density at radius 1 is 0.588 bits per heavy atom. The van der Waals surface area contributed by atoms with Crippen molar-refractivity contribution in [3.05, 3.63) is 108 Å². The van der Waals surface area contributed by atoms with E-state index >= 15 is 0 Å². The van der Waals surface area contributed by atoms with Crippen molar-refractivity contribution in [1.29, 1.82) is 0 Å². The molecule has 0 saturated carbocycles. The van der Waals surface area contributed by atoms with E-state index in [2.05, 4.69) is 65.2 Å². The highest BCUT2D eigenvalue weighted by molar-refractivity contribution is 6.29. The van der Waals surface area contributed by atoms with Gasteiger partial charge in [-0.05, 0) is 36.8 Å². The first kappa shape index (κ1) is 20.3. The monoisotopic (exact) mass is 441 g/mol. The van der Waals surface area contributed by atoms with Crippen molar-refractivity contribution in [2.45, 2.75) is 13.8 Å². The first-order valence-electron chi connectivity index (χ1n) is 11.4. The smallest absolute Gasteiger partial charge is 0.163 e. The number of carbonyl (C=O) groups excluding carboxylic acids is 1. The fourth-order valence-electron chi connectivity index (χ4n) is 5.39. The summed E-state index contributed by atoms with van der Waals surface area (Å²) in [7, 11) is 0. The van der Waals surface area contributed by atoms with Crippen LogP contribution in [0.3, 0.4) is 0 Å². The van der Waals surface area contributed by atoms with Gasteiger partial charge >= 0.3 is 0 Å². The molecule has 3 heteroatoms. The third kappa shape index (κ3) is 2.80. The summed E-state index contributed by atoms with van der Waals surface area (Å²) in [6, 6.07) is 33.3. The van der Waals surface area contributed by atoms with Crippen LogP contribution >= 0.6 is 0 Å². The zero-order valence-corrected chi connectivity index (χ0v) is 19.0. The normalized spacial score (nSPS) is 12.5. The summed E-state index contributed by atoms with van der Waals surface area (Å²) in [6.07, 6.45) is 0. The number of rotatable bonds is 3. The summed E-state index contributed by atoms with van der Waals surface area (Å²) in [4.78, 5) is 12.7. The number of allylic oxidation sites excluding steroid dienone is 2. The van der Waals surface area contributed by atoms with E-state index in [0.717, 1.165) is 43.8 Å². The molecule has 3 nitrogen and oxygen atoms in total. The summed E-state index contributed by atoms with van der Waals surface area (Å²) in [5.74, 6) is -0.118. The maximum Gasteiger partial charge on any atom is 0.163 e. The number of nitrogens with zero attached hydrogens (tertiary/aromatic N) is 1. The fourth-order valence-corrected chi connectivity index (χ4v) is 5.39. The molecule has 0 saturated heterocycles. The molecule has 1 aromatic heterocycles. The first-order chi connectivity index (χ1) is 16.6. The molecule has 6 aromatic rings. The zero-order chi connectivity index (χ0) is 23.4. The molecule has 6 rings (SSSR count). The highest BCUT2D eigenvalue weighted by atomic mass is 16.3. The maximum absolute atomic E-state index is 12.7. The van der Waals surface area contributed by atoms with Crippen LogP contribution in [0.4, 0.5) is 0 Å². The lowest BCUT2D eigenvalue weighted by Crippen LogP contribution is -2.04. The molecular weight excluding hydrogens is 418 g/mol. The Morgan fingerprint density at radius 3 is 1.38 bits per heavy atom. The molecule has 0 unspecified atom stereocenters. The number of aromatic nitrogens is 1. The molecular formula is C31H23NO2. The number of aliphatic hydroxyl groups excluding tert-OH is 1. The van der Waals surface area contributed by atoms with Gasteiger partial charge in [-0.1, -0.05) is 84.9 Å². The summed E-state index contributed by atoms with van der Waals surface area (Å²) in [5, 5.41) is 16.9. The van der Waals surface area contributed by atoms with Crippen LogP contribution in [0, 0.1) is 0 Å². The van der Waals surface area contributed by atoms with Crippen LogP contribution in [0.1, 0.15) is 19.4 Å². The van der Waals surface area contributed by atoms with E-state index < -0.39 is 0 Å².